The second kappa shape index (κ2) is 6.64. The molecule has 0 atom stereocenters. The van der Waals surface area contributed by atoms with Gasteiger partial charge in [0.05, 0.1) is 10.9 Å². The van der Waals surface area contributed by atoms with Crippen molar-refractivity contribution in [2.24, 2.45) is 0 Å². The monoisotopic (exact) mass is 353 g/mol. The van der Waals surface area contributed by atoms with Crippen molar-refractivity contribution < 1.29 is 4.79 Å². The van der Waals surface area contributed by atoms with Crippen LogP contribution in [0.2, 0.25) is 5.02 Å². The van der Waals surface area contributed by atoms with E-state index in [0.29, 0.717) is 30.2 Å². The van der Waals surface area contributed by atoms with Gasteiger partial charge in [0, 0.05) is 42.6 Å². The van der Waals surface area contributed by atoms with Gasteiger partial charge in [0.25, 0.3) is 5.91 Å². The molecule has 1 N–H and O–H groups in total. The molecule has 2 aromatic heterocycles. The van der Waals surface area contributed by atoms with Crippen LogP contribution >= 0.6 is 11.6 Å². The number of pyridine rings is 1. The number of hydrogen-bond acceptors (Lipinski definition) is 5. The zero-order chi connectivity index (χ0) is 17.2. The SMILES string of the molecule is O=C1c2cccc(Cl)c2CCN1CCNc1ncnc2ccncc12. The minimum Gasteiger partial charge on any atom is -0.368 e. The Labute approximate surface area is 149 Å². The van der Waals surface area contributed by atoms with E-state index in [1.165, 1.54) is 6.33 Å². The smallest absolute Gasteiger partial charge is 0.254 e. The molecule has 4 rings (SSSR count). The Balaban J connectivity index is 1.45. The fraction of sp³-hybridized carbons (Fsp3) is 0.222. The quantitative estimate of drug-likeness (QED) is 0.781. The summed E-state index contributed by atoms with van der Waals surface area (Å²) >= 11 is 6.19. The summed E-state index contributed by atoms with van der Waals surface area (Å²) in [6.45, 7) is 1.86. The van der Waals surface area contributed by atoms with Gasteiger partial charge in [0.15, 0.2) is 0 Å². The van der Waals surface area contributed by atoms with Crippen LogP contribution in [-0.2, 0) is 6.42 Å². The highest BCUT2D eigenvalue weighted by Gasteiger charge is 2.25. The number of hydrogen-bond donors (Lipinski definition) is 1. The Morgan fingerprint density at radius 2 is 2.16 bits per heavy atom. The molecule has 25 heavy (non-hydrogen) atoms. The first-order chi connectivity index (χ1) is 12.2. The number of amides is 1. The molecule has 0 unspecified atom stereocenters. The Kier molecular flexibility index (Phi) is 4.19. The fourth-order valence-corrected chi connectivity index (χ4v) is 3.36. The molecule has 0 bridgehead atoms. The zero-order valence-corrected chi connectivity index (χ0v) is 14.2. The number of nitrogens with one attached hydrogen (secondary N) is 1. The lowest BCUT2D eigenvalue weighted by molar-refractivity contribution is 0.0746. The molecule has 1 aromatic carbocycles. The minimum atomic E-state index is 0.0276. The normalized spacial score (nSPS) is 13.8. The molecule has 6 nitrogen and oxygen atoms in total. The van der Waals surface area contributed by atoms with Gasteiger partial charge in [-0.25, -0.2) is 9.97 Å². The Morgan fingerprint density at radius 3 is 3.08 bits per heavy atom. The maximum absolute atomic E-state index is 12.6. The van der Waals surface area contributed by atoms with Crippen LogP contribution in [0.5, 0.6) is 0 Å². The fourth-order valence-electron chi connectivity index (χ4n) is 3.10. The average molecular weight is 354 g/mol. The first-order valence-corrected chi connectivity index (χ1v) is 8.47. The van der Waals surface area contributed by atoms with Crippen molar-refractivity contribution in [2.45, 2.75) is 6.42 Å². The molecule has 0 aliphatic carbocycles. The van der Waals surface area contributed by atoms with Crippen molar-refractivity contribution >= 4 is 34.2 Å². The van der Waals surface area contributed by atoms with Gasteiger partial charge >= 0.3 is 0 Å². The zero-order valence-electron chi connectivity index (χ0n) is 13.4. The Morgan fingerprint density at radius 1 is 1.24 bits per heavy atom. The summed E-state index contributed by atoms with van der Waals surface area (Å²) in [6, 6.07) is 7.34. The van der Waals surface area contributed by atoms with E-state index >= 15 is 0 Å². The van der Waals surface area contributed by atoms with Gasteiger partial charge in [-0.2, -0.15) is 0 Å². The first-order valence-electron chi connectivity index (χ1n) is 8.09. The largest absolute Gasteiger partial charge is 0.368 e. The summed E-state index contributed by atoms with van der Waals surface area (Å²) < 4.78 is 0. The third-order valence-electron chi connectivity index (χ3n) is 4.38. The molecule has 126 valence electrons. The lowest BCUT2D eigenvalue weighted by Gasteiger charge is -2.29. The third kappa shape index (κ3) is 3.00. The highest BCUT2D eigenvalue weighted by atomic mass is 35.5. The Hall–Kier alpha value is -2.73. The van der Waals surface area contributed by atoms with Crippen LogP contribution in [0.15, 0.2) is 43.0 Å². The number of fused-ring (bicyclic) bond motifs is 2. The van der Waals surface area contributed by atoms with Crippen molar-refractivity contribution in [1.82, 2.24) is 19.9 Å². The minimum absolute atomic E-state index is 0.0276. The number of rotatable bonds is 4. The van der Waals surface area contributed by atoms with Crippen LogP contribution in [0.3, 0.4) is 0 Å². The van der Waals surface area contributed by atoms with E-state index in [4.69, 9.17) is 11.6 Å². The highest BCUT2D eigenvalue weighted by molar-refractivity contribution is 6.32. The van der Waals surface area contributed by atoms with Crippen molar-refractivity contribution in [3.63, 3.8) is 0 Å². The molecule has 0 saturated heterocycles. The number of nitrogens with zero attached hydrogens (tertiary/aromatic N) is 4. The predicted molar refractivity (Wildman–Crippen MR) is 96.9 cm³/mol. The second-order valence-electron chi connectivity index (χ2n) is 5.85. The van der Waals surface area contributed by atoms with Gasteiger partial charge in [-0.3, -0.25) is 9.78 Å². The van der Waals surface area contributed by atoms with Gasteiger partial charge in [0.1, 0.15) is 12.1 Å². The molecule has 1 amide bonds. The lowest BCUT2D eigenvalue weighted by Crippen LogP contribution is -2.40. The molecule has 0 fully saturated rings. The maximum Gasteiger partial charge on any atom is 0.254 e. The number of carbonyl (C=O) groups excluding carboxylic acids is 1. The summed E-state index contributed by atoms with van der Waals surface area (Å²) in [5.74, 6) is 0.755. The van der Waals surface area contributed by atoms with Crippen LogP contribution in [0.25, 0.3) is 10.9 Å². The molecule has 0 spiro atoms. The number of anilines is 1. The van der Waals surface area contributed by atoms with Crippen molar-refractivity contribution in [3.8, 4) is 0 Å². The summed E-state index contributed by atoms with van der Waals surface area (Å²) in [5, 5.41) is 4.82. The molecule has 1 aliphatic heterocycles. The van der Waals surface area contributed by atoms with Crippen LogP contribution in [0.4, 0.5) is 5.82 Å². The van der Waals surface area contributed by atoms with E-state index in [9.17, 15) is 4.79 Å². The van der Waals surface area contributed by atoms with E-state index < -0.39 is 0 Å². The van der Waals surface area contributed by atoms with Gasteiger partial charge in [0.2, 0.25) is 0 Å². The summed E-state index contributed by atoms with van der Waals surface area (Å²) in [7, 11) is 0. The summed E-state index contributed by atoms with van der Waals surface area (Å²) in [4.78, 5) is 27.1. The van der Waals surface area contributed by atoms with Crippen molar-refractivity contribution in [2.75, 3.05) is 25.0 Å². The van der Waals surface area contributed by atoms with Crippen molar-refractivity contribution in [1.29, 1.82) is 0 Å². The van der Waals surface area contributed by atoms with Gasteiger partial charge < -0.3 is 10.2 Å². The summed E-state index contributed by atoms with van der Waals surface area (Å²) in [6.07, 6.45) is 5.74. The number of aromatic nitrogens is 3. The number of halogens is 1. The second-order valence-corrected chi connectivity index (χ2v) is 6.26. The molecule has 0 saturated carbocycles. The van der Waals surface area contributed by atoms with Crippen LogP contribution in [0, 0.1) is 0 Å². The molecule has 3 heterocycles. The van der Waals surface area contributed by atoms with E-state index in [1.54, 1.807) is 12.4 Å². The number of carbonyl (C=O) groups is 1. The molecule has 3 aromatic rings. The van der Waals surface area contributed by atoms with Crippen LogP contribution in [0.1, 0.15) is 15.9 Å². The van der Waals surface area contributed by atoms with E-state index in [2.05, 4.69) is 20.3 Å². The van der Waals surface area contributed by atoms with E-state index in [1.807, 2.05) is 29.2 Å². The van der Waals surface area contributed by atoms with Crippen LogP contribution in [-0.4, -0.2) is 45.4 Å². The van der Waals surface area contributed by atoms with Gasteiger partial charge in [-0.05, 0) is 30.2 Å². The molecule has 7 heteroatoms. The highest BCUT2D eigenvalue weighted by Crippen LogP contribution is 2.25. The van der Waals surface area contributed by atoms with Gasteiger partial charge in [-0.1, -0.05) is 17.7 Å². The number of benzene rings is 1. The topological polar surface area (TPSA) is 71.0 Å². The lowest BCUT2D eigenvalue weighted by atomic mass is 9.99. The first kappa shape index (κ1) is 15.8. The van der Waals surface area contributed by atoms with Gasteiger partial charge in [-0.15, -0.1) is 0 Å². The molecular weight excluding hydrogens is 338 g/mol. The maximum atomic E-state index is 12.6. The third-order valence-corrected chi connectivity index (χ3v) is 4.73. The standard InChI is InChI=1S/C18H16ClN5O/c19-15-3-1-2-13-12(15)5-8-24(18(13)25)9-7-21-17-14-10-20-6-4-16(14)22-11-23-17/h1-4,6,10-11H,5,7-9H2,(H,21,22,23). The molecular formula is C18H16ClN5O. The van der Waals surface area contributed by atoms with Crippen LogP contribution < -0.4 is 5.32 Å². The van der Waals surface area contributed by atoms with E-state index in [-0.39, 0.29) is 5.91 Å². The molecule has 1 aliphatic rings. The predicted octanol–water partition coefficient (Wildman–Crippen LogP) is 2.79. The van der Waals surface area contributed by atoms with E-state index in [0.717, 1.165) is 28.7 Å². The Bertz CT molecular complexity index is 940. The summed E-state index contributed by atoms with van der Waals surface area (Å²) in [5.41, 5.74) is 2.49. The molecule has 0 radical (unpaired) electrons. The van der Waals surface area contributed by atoms with Crippen molar-refractivity contribution in [3.05, 3.63) is 59.1 Å². The average Bonchev–Trinajstić information content (AvgIpc) is 2.64.